The monoisotopic (exact) mass is 257 g/mol. The van der Waals surface area contributed by atoms with E-state index in [1.807, 2.05) is 0 Å². The number of fused-ring (bicyclic) bond motifs is 1. The fourth-order valence-corrected chi connectivity index (χ4v) is 2.22. The lowest BCUT2D eigenvalue weighted by Crippen LogP contribution is -2.29. The number of halogens is 1. The highest BCUT2D eigenvalue weighted by atomic mass is 35.5. The van der Waals surface area contributed by atoms with Crippen molar-refractivity contribution in [2.24, 2.45) is 0 Å². The molecule has 0 fully saturated rings. The van der Waals surface area contributed by atoms with E-state index in [0.717, 1.165) is 4.90 Å². The molecule has 18 heavy (non-hydrogen) atoms. The molecule has 0 radical (unpaired) electrons. The molecule has 0 aromatic heterocycles. The van der Waals surface area contributed by atoms with Gasteiger partial charge in [-0.25, -0.2) is 4.90 Å². The second kappa shape index (κ2) is 3.96. The van der Waals surface area contributed by atoms with E-state index in [-0.39, 0.29) is 11.8 Å². The number of hydrogen-bond acceptors (Lipinski definition) is 2. The number of anilines is 1. The van der Waals surface area contributed by atoms with Crippen LogP contribution < -0.4 is 4.90 Å². The minimum Gasteiger partial charge on any atom is -0.268 e. The molecule has 0 bridgehead atoms. The minimum absolute atomic E-state index is 0.308. The van der Waals surface area contributed by atoms with Gasteiger partial charge >= 0.3 is 0 Å². The van der Waals surface area contributed by atoms with Crippen molar-refractivity contribution in [3.63, 3.8) is 0 Å². The molecule has 3 rings (SSSR count). The summed E-state index contributed by atoms with van der Waals surface area (Å²) in [6.07, 6.45) is 0. The molecule has 1 aliphatic rings. The van der Waals surface area contributed by atoms with Gasteiger partial charge in [0, 0.05) is 5.02 Å². The Kier molecular flexibility index (Phi) is 2.42. The van der Waals surface area contributed by atoms with Crippen molar-refractivity contribution in [2.45, 2.75) is 0 Å². The van der Waals surface area contributed by atoms with Crippen molar-refractivity contribution in [2.75, 3.05) is 4.90 Å². The zero-order chi connectivity index (χ0) is 12.7. The van der Waals surface area contributed by atoms with Gasteiger partial charge in [-0.15, -0.1) is 0 Å². The molecule has 0 atom stereocenters. The highest BCUT2D eigenvalue weighted by molar-refractivity contribution is 6.35. The summed E-state index contributed by atoms with van der Waals surface area (Å²) in [6, 6.07) is 13.5. The van der Waals surface area contributed by atoms with Crippen LogP contribution in [0.2, 0.25) is 5.02 Å². The first-order valence-corrected chi connectivity index (χ1v) is 5.79. The largest absolute Gasteiger partial charge is 0.268 e. The van der Waals surface area contributed by atoms with Gasteiger partial charge in [0.05, 0.1) is 16.8 Å². The molecule has 1 aliphatic heterocycles. The Hall–Kier alpha value is -2.13. The zero-order valence-corrected chi connectivity index (χ0v) is 10.0. The van der Waals surface area contributed by atoms with E-state index in [0.29, 0.717) is 21.8 Å². The summed E-state index contributed by atoms with van der Waals surface area (Å²) in [4.78, 5) is 25.5. The number of benzene rings is 2. The van der Waals surface area contributed by atoms with E-state index in [9.17, 15) is 9.59 Å². The van der Waals surface area contributed by atoms with Crippen LogP contribution in [0.1, 0.15) is 20.7 Å². The van der Waals surface area contributed by atoms with Crippen molar-refractivity contribution < 1.29 is 9.59 Å². The van der Waals surface area contributed by atoms with Crippen molar-refractivity contribution in [3.8, 4) is 0 Å². The maximum Gasteiger partial charge on any atom is 0.266 e. The first kappa shape index (κ1) is 11.0. The van der Waals surface area contributed by atoms with Gasteiger partial charge in [0.2, 0.25) is 0 Å². The summed E-state index contributed by atoms with van der Waals surface area (Å²) in [5.74, 6) is -0.615. The SMILES string of the molecule is O=C1c2ccccc2C(=O)N1c1cccc(Cl)c1. The molecule has 2 aromatic rings. The van der Waals surface area contributed by atoms with E-state index in [1.54, 1.807) is 48.5 Å². The van der Waals surface area contributed by atoms with Gasteiger partial charge < -0.3 is 0 Å². The van der Waals surface area contributed by atoms with Crippen LogP contribution in [0.3, 0.4) is 0 Å². The van der Waals surface area contributed by atoms with Gasteiger partial charge in [-0.3, -0.25) is 9.59 Å². The topological polar surface area (TPSA) is 37.4 Å². The van der Waals surface area contributed by atoms with Crippen LogP contribution in [0, 0.1) is 0 Å². The molecule has 0 spiro atoms. The maximum atomic E-state index is 12.2. The second-order valence-electron chi connectivity index (χ2n) is 3.97. The summed E-state index contributed by atoms with van der Waals surface area (Å²) in [5.41, 5.74) is 1.36. The Bertz CT molecular complexity index is 631. The number of rotatable bonds is 1. The van der Waals surface area contributed by atoms with E-state index in [4.69, 9.17) is 11.6 Å². The normalized spacial score (nSPS) is 13.9. The van der Waals surface area contributed by atoms with Crippen LogP contribution in [0.4, 0.5) is 5.69 Å². The molecule has 1 heterocycles. The first-order chi connectivity index (χ1) is 8.68. The van der Waals surface area contributed by atoms with E-state index in [1.165, 1.54) is 0 Å². The molecule has 2 amide bonds. The van der Waals surface area contributed by atoms with Crippen molar-refractivity contribution in [1.82, 2.24) is 0 Å². The summed E-state index contributed by atoms with van der Waals surface area (Å²) in [5, 5.41) is 0.490. The van der Waals surface area contributed by atoms with Crippen molar-refractivity contribution >= 4 is 29.1 Å². The van der Waals surface area contributed by atoms with Gasteiger partial charge in [0.15, 0.2) is 0 Å². The fourth-order valence-electron chi connectivity index (χ4n) is 2.04. The summed E-state index contributed by atoms with van der Waals surface area (Å²) in [7, 11) is 0. The van der Waals surface area contributed by atoms with Gasteiger partial charge in [-0.2, -0.15) is 0 Å². The van der Waals surface area contributed by atoms with Crippen LogP contribution in [0.15, 0.2) is 48.5 Å². The Morgan fingerprint density at radius 1 is 0.833 bits per heavy atom. The molecule has 0 unspecified atom stereocenters. The third kappa shape index (κ3) is 1.52. The Morgan fingerprint density at radius 3 is 2.00 bits per heavy atom. The van der Waals surface area contributed by atoms with Crippen LogP contribution in [-0.2, 0) is 0 Å². The molecule has 0 saturated carbocycles. The van der Waals surface area contributed by atoms with Crippen molar-refractivity contribution in [3.05, 3.63) is 64.7 Å². The highest BCUT2D eigenvalue weighted by Gasteiger charge is 2.36. The molecule has 0 N–H and O–H groups in total. The van der Waals surface area contributed by atoms with Gasteiger partial charge in [-0.05, 0) is 30.3 Å². The number of carbonyl (C=O) groups excluding carboxylic acids is 2. The third-order valence-corrected chi connectivity index (χ3v) is 3.10. The van der Waals surface area contributed by atoms with E-state index < -0.39 is 0 Å². The van der Waals surface area contributed by atoms with E-state index in [2.05, 4.69) is 0 Å². The molecule has 0 saturated heterocycles. The smallest absolute Gasteiger partial charge is 0.266 e. The number of amides is 2. The van der Waals surface area contributed by atoms with Crippen LogP contribution >= 0.6 is 11.6 Å². The summed E-state index contributed by atoms with van der Waals surface area (Å²) in [6.45, 7) is 0. The zero-order valence-electron chi connectivity index (χ0n) is 9.26. The Labute approximate surface area is 109 Å². The lowest BCUT2D eigenvalue weighted by Gasteiger charge is -2.13. The van der Waals surface area contributed by atoms with Gasteiger partial charge in [0.1, 0.15) is 0 Å². The van der Waals surface area contributed by atoms with Crippen LogP contribution in [-0.4, -0.2) is 11.8 Å². The second-order valence-corrected chi connectivity index (χ2v) is 4.41. The van der Waals surface area contributed by atoms with Gasteiger partial charge in [0.25, 0.3) is 11.8 Å². The number of nitrogens with zero attached hydrogens (tertiary/aromatic N) is 1. The standard InChI is InChI=1S/C14H8ClNO2/c15-9-4-3-5-10(8-9)16-13(17)11-6-1-2-7-12(11)14(16)18/h1-8H. The van der Waals surface area contributed by atoms with Crippen molar-refractivity contribution in [1.29, 1.82) is 0 Å². The lowest BCUT2D eigenvalue weighted by molar-refractivity contribution is 0.0926. The molecule has 88 valence electrons. The predicted octanol–water partition coefficient (Wildman–Crippen LogP) is 3.14. The molecular formula is C14H8ClNO2. The van der Waals surface area contributed by atoms with Crippen LogP contribution in [0.5, 0.6) is 0 Å². The molecule has 3 nitrogen and oxygen atoms in total. The lowest BCUT2D eigenvalue weighted by atomic mass is 10.1. The molecule has 4 heteroatoms. The van der Waals surface area contributed by atoms with Gasteiger partial charge in [-0.1, -0.05) is 29.8 Å². The van der Waals surface area contributed by atoms with Crippen LogP contribution in [0.25, 0.3) is 0 Å². The number of hydrogen-bond donors (Lipinski definition) is 0. The first-order valence-electron chi connectivity index (χ1n) is 5.42. The average Bonchev–Trinajstić information content (AvgIpc) is 2.63. The Morgan fingerprint density at radius 2 is 1.44 bits per heavy atom. The number of imide groups is 1. The summed E-state index contributed by atoms with van der Waals surface area (Å²) < 4.78 is 0. The Balaban J connectivity index is 2.12. The predicted molar refractivity (Wildman–Crippen MR) is 69.0 cm³/mol. The molecule has 2 aromatic carbocycles. The van der Waals surface area contributed by atoms with E-state index >= 15 is 0 Å². The summed E-state index contributed by atoms with van der Waals surface area (Å²) >= 11 is 5.88. The fraction of sp³-hybridized carbons (Fsp3) is 0. The number of carbonyl (C=O) groups is 2. The molecule has 0 aliphatic carbocycles. The third-order valence-electron chi connectivity index (χ3n) is 2.86. The highest BCUT2D eigenvalue weighted by Crippen LogP contribution is 2.29. The molecular weight excluding hydrogens is 250 g/mol. The minimum atomic E-state index is -0.308. The quantitative estimate of drug-likeness (QED) is 0.736. The maximum absolute atomic E-state index is 12.2. The average molecular weight is 258 g/mol.